The lowest BCUT2D eigenvalue weighted by atomic mass is 10.1. The molecule has 0 aromatic heterocycles. The molecule has 0 saturated heterocycles. The van der Waals surface area contributed by atoms with Crippen molar-refractivity contribution in [3.05, 3.63) is 23.8 Å². The number of aryl methyl sites for hydroxylation is 1. The van der Waals surface area contributed by atoms with Crippen LogP contribution in [0.4, 0.5) is 11.4 Å². The summed E-state index contributed by atoms with van der Waals surface area (Å²) in [6.45, 7) is 5.09. The minimum absolute atomic E-state index is 0.118. The van der Waals surface area contributed by atoms with Gasteiger partial charge in [0.2, 0.25) is 11.8 Å². The van der Waals surface area contributed by atoms with Gasteiger partial charge in [-0.05, 0) is 31.5 Å². The summed E-state index contributed by atoms with van der Waals surface area (Å²) in [4.78, 5) is 22.2. The van der Waals surface area contributed by atoms with E-state index in [0.717, 1.165) is 5.56 Å². The lowest BCUT2D eigenvalue weighted by molar-refractivity contribution is -0.115. The summed E-state index contributed by atoms with van der Waals surface area (Å²) in [5.41, 5.74) is 2.31. The first kappa shape index (κ1) is 13.7. The average molecular weight is 299 g/mol. The van der Waals surface area contributed by atoms with E-state index in [1.54, 1.807) is 19.1 Å². The second-order valence-electron chi connectivity index (χ2n) is 3.82. The first-order chi connectivity index (χ1) is 7.90. The predicted molar refractivity (Wildman–Crippen MR) is 72.5 cm³/mol. The molecular formula is C12H15BrN2O2. The summed E-state index contributed by atoms with van der Waals surface area (Å²) in [5, 5.41) is 5.46. The Labute approximate surface area is 109 Å². The van der Waals surface area contributed by atoms with E-state index < -0.39 is 0 Å². The van der Waals surface area contributed by atoms with E-state index in [9.17, 15) is 9.59 Å². The number of hydrogen-bond donors (Lipinski definition) is 2. The van der Waals surface area contributed by atoms with Crippen LogP contribution >= 0.6 is 15.9 Å². The number of alkyl halides is 1. The van der Waals surface area contributed by atoms with Gasteiger partial charge in [-0.3, -0.25) is 9.59 Å². The lowest BCUT2D eigenvalue weighted by Crippen LogP contribution is -2.20. The van der Waals surface area contributed by atoms with E-state index in [1.165, 1.54) is 6.92 Å². The molecule has 1 aromatic rings. The molecule has 5 heteroatoms. The molecule has 0 fully saturated rings. The highest BCUT2D eigenvalue weighted by Crippen LogP contribution is 2.21. The smallest absolute Gasteiger partial charge is 0.237 e. The second-order valence-corrected chi connectivity index (χ2v) is 5.19. The van der Waals surface area contributed by atoms with Gasteiger partial charge in [0.25, 0.3) is 0 Å². The normalized spacial score (nSPS) is 11.8. The Balaban J connectivity index is 2.90. The van der Waals surface area contributed by atoms with Crippen LogP contribution in [0.15, 0.2) is 18.2 Å². The topological polar surface area (TPSA) is 58.2 Å². The fraction of sp³-hybridized carbons (Fsp3) is 0.333. The van der Waals surface area contributed by atoms with Crippen molar-refractivity contribution in [2.24, 2.45) is 0 Å². The van der Waals surface area contributed by atoms with Crippen molar-refractivity contribution in [2.75, 3.05) is 10.6 Å². The van der Waals surface area contributed by atoms with Crippen LogP contribution in [0, 0.1) is 6.92 Å². The summed E-state index contributed by atoms with van der Waals surface area (Å²) in [7, 11) is 0. The minimum atomic E-state index is -0.258. The first-order valence-electron chi connectivity index (χ1n) is 5.23. The van der Waals surface area contributed by atoms with Crippen molar-refractivity contribution < 1.29 is 9.59 Å². The Bertz CT molecular complexity index is 444. The molecule has 2 amide bonds. The first-order valence-corrected chi connectivity index (χ1v) is 6.15. The summed E-state index contributed by atoms with van der Waals surface area (Å²) < 4.78 is 0. The van der Waals surface area contributed by atoms with Gasteiger partial charge in [0.15, 0.2) is 0 Å². The van der Waals surface area contributed by atoms with Crippen molar-refractivity contribution in [2.45, 2.75) is 25.6 Å². The second kappa shape index (κ2) is 5.82. The van der Waals surface area contributed by atoms with Crippen LogP contribution in [0.1, 0.15) is 19.4 Å². The van der Waals surface area contributed by atoms with Crippen LogP contribution in [0.3, 0.4) is 0 Å². The van der Waals surface area contributed by atoms with Gasteiger partial charge in [0, 0.05) is 18.3 Å². The zero-order valence-corrected chi connectivity index (χ0v) is 11.6. The molecule has 0 saturated carbocycles. The fourth-order valence-corrected chi connectivity index (χ4v) is 1.38. The van der Waals surface area contributed by atoms with Crippen LogP contribution < -0.4 is 10.6 Å². The van der Waals surface area contributed by atoms with Crippen LogP contribution in [-0.2, 0) is 9.59 Å². The molecule has 1 atom stereocenters. The van der Waals surface area contributed by atoms with E-state index in [1.807, 2.05) is 13.0 Å². The van der Waals surface area contributed by atoms with Crippen LogP contribution in [0.25, 0.3) is 0 Å². The summed E-state index contributed by atoms with van der Waals surface area (Å²) >= 11 is 3.20. The van der Waals surface area contributed by atoms with E-state index in [0.29, 0.717) is 11.4 Å². The maximum Gasteiger partial charge on any atom is 0.237 e. The molecule has 1 rings (SSSR count). The zero-order chi connectivity index (χ0) is 13.0. The number of benzene rings is 1. The summed E-state index contributed by atoms with van der Waals surface area (Å²) in [5.74, 6) is -0.256. The van der Waals surface area contributed by atoms with E-state index in [-0.39, 0.29) is 16.6 Å². The molecule has 4 nitrogen and oxygen atoms in total. The molecule has 0 heterocycles. The number of carbonyl (C=O) groups excluding carboxylic acids is 2. The van der Waals surface area contributed by atoms with Crippen LogP contribution in [-0.4, -0.2) is 16.6 Å². The van der Waals surface area contributed by atoms with Crippen LogP contribution in [0.5, 0.6) is 0 Å². The number of carbonyl (C=O) groups is 2. The molecule has 0 aliphatic rings. The SMILES string of the molecule is CC(=O)Nc1ccc(C)c(NC(=O)C(C)Br)c1. The van der Waals surface area contributed by atoms with Gasteiger partial charge in [0.05, 0.1) is 4.83 Å². The third kappa shape index (κ3) is 4.19. The lowest BCUT2D eigenvalue weighted by Gasteiger charge is -2.11. The van der Waals surface area contributed by atoms with Gasteiger partial charge in [-0.1, -0.05) is 22.0 Å². The standard InChI is InChI=1S/C12H15BrN2O2/c1-7-4-5-10(14-9(3)16)6-11(7)15-12(17)8(2)13/h4-6,8H,1-3H3,(H,14,16)(H,15,17). The van der Waals surface area contributed by atoms with Crippen molar-refractivity contribution >= 4 is 39.1 Å². The van der Waals surface area contributed by atoms with Gasteiger partial charge < -0.3 is 10.6 Å². The Hall–Kier alpha value is -1.36. The van der Waals surface area contributed by atoms with Crippen molar-refractivity contribution in [3.63, 3.8) is 0 Å². The summed E-state index contributed by atoms with van der Waals surface area (Å²) in [6, 6.07) is 5.38. The molecule has 92 valence electrons. The molecule has 2 N–H and O–H groups in total. The average Bonchev–Trinajstić information content (AvgIpc) is 2.22. The van der Waals surface area contributed by atoms with Gasteiger partial charge in [-0.2, -0.15) is 0 Å². The minimum Gasteiger partial charge on any atom is -0.326 e. The van der Waals surface area contributed by atoms with Gasteiger partial charge in [-0.25, -0.2) is 0 Å². The maximum atomic E-state index is 11.6. The highest BCUT2D eigenvalue weighted by atomic mass is 79.9. The number of rotatable bonds is 3. The predicted octanol–water partition coefficient (Wildman–Crippen LogP) is 2.68. The molecule has 0 aliphatic carbocycles. The molecule has 0 aliphatic heterocycles. The van der Waals surface area contributed by atoms with Gasteiger partial charge in [-0.15, -0.1) is 0 Å². The fourth-order valence-electron chi connectivity index (χ4n) is 1.27. The Morgan fingerprint density at radius 1 is 1.29 bits per heavy atom. The molecule has 1 unspecified atom stereocenters. The third-order valence-corrected chi connectivity index (χ3v) is 2.59. The highest BCUT2D eigenvalue weighted by molar-refractivity contribution is 9.10. The Morgan fingerprint density at radius 3 is 2.47 bits per heavy atom. The quantitative estimate of drug-likeness (QED) is 0.843. The Kier molecular flexibility index (Phi) is 4.69. The van der Waals surface area contributed by atoms with E-state index in [4.69, 9.17) is 0 Å². The number of halogens is 1. The zero-order valence-electron chi connectivity index (χ0n) is 10.0. The molecule has 17 heavy (non-hydrogen) atoms. The van der Waals surface area contributed by atoms with Gasteiger partial charge in [0.1, 0.15) is 0 Å². The molecule has 0 bridgehead atoms. The van der Waals surface area contributed by atoms with Crippen LogP contribution in [0.2, 0.25) is 0 Å². The molecular weight excluding hydrogens is 284 g/mol. The number of anilines is 2. The van der Waals surface area contributed by atoms with E-state index in [2.05, 4.69) is 26.6 Å². The number of hydrogen-bond acceptors (Lipinski definition) is 2. The van der Waals surface area contributed by atoms with E-state index >= 15 is 0 Å². The van der Waals surface area contributed by atoms with Crippen molar-refractivity contribution in [1.29, 1.82) is 0 Å². The summed E-state index contributed by atoms with van der Waals surface area (Å²) in [6.07, 6.45) is 0. The highest BCUT2D eigenvalue weighted by Gasteiger charge is 2.10. The number of nitrogens with one attached hydrogen (secondary N) is 2. The third-order valence-electron chi connectivity index (χ3n) is 2.18. The Morgan fingerprint density at radius 2 is 1.94 bits per heavy atom. The van der Waals surface area contributed by atoms with Crippen molar-refractivity contribution in [3.8, 4) is 0 Å². The largest absolute Gasteiger partial charge is 0.326 e. The van der Waals surface area contributed by atoms with Gasteiger partial charge >= 0.3 is 0 Å². The molecule has 0 radical (unpaired) electrons. The molecule has 1 aromatic carbocycles. The molecule has 0 spiro atoms. The maximum absolute atomic E-state index is 11.6. The van der Waals surface area contributed by atoms with Crippen molar-refractivity contribution in [1.82, 2.24) is 0 Å². The monoisotopic (exact) mass is 298 g/mol. The number of amides is 2.